The van der Waals surface area contributed by atoms with E-state index in [0.29, 0.717) is 11.3 Å². The SMILES string of the molecule is NC1CN(C(=O)C2CCC=CCC2)CC12CCC2. The van der Waals surface area contributed by atoms with E-state index in [1.165, 1.54) is 19.3 Å². The lowest BCUT2D eigenvalue weighted by molar-refractivity contribution is -0.135. The summed E-state index contributed by atoms with van der Waals surface area (Å²) in [5.74, 6) is 0.611. The van der Waals surface area contributed by atoms with E-state index in [4.69, 9.17) is 5.73 Å². The zero-order chi connectivity index (χ0) is 12.6. The molecule has 3 heteroatoms. The van der Waals surface area contributed by atoms with E-state index in [2.05, 4.69) is 17.1 Å². The topological polar surface area (TPSA) is 46.3 Å². The number of allylic oxidation sites excluding steroid dienone is 2. The molecule has 0 aromatic carbocycles. The molecule has 0 aromatic heterocycles. The molecule has 1 unspecified atom stereocenters. The number of carbonyl (C=O) groups excluding carboxylic acids is 1. The third kappa shape index (κ3) is 1.99. The lowest BCUT2D eigenvalue weighted by Gasteiger charge is -2.41. The van der Waals surface area contributed by atoms with Gasteiger partial charge in [-0.25, -0.2) is 0 Å². The maximum atomic E-state index is 12.6. The van der Waals surface area contributed by atoms with Crippen molar-refractivity contribution in [3.05, 3.63) is 12.2 Å². The van der Waals surface area contributed by atoms with E-state index < -0.39 is 0 Å². The second kappa shape index (κ2) is 4.69. The molecule has 2 aliphatic carbocycles. The fourth-order valence-electron chi connectivity index (χ4n) is 3.80. The van der Waals surface area contributed by atoms with Crippen LogP contribution in [0.2, 0.25) is 0 Å². The molecule has 3 aliphatic rings. The summed E-state index contributed by atoms with van der Waals surface area (Å²) in [7, 11) is 0. The minimum Gasteiger partial charge on any atom is -0.340 e. The predicted octanol–water partition coefficient (Wildman–Crippen LogP) is 2.07. The highest BCUT2D eigenvalue weighted by Gasteiger charge is 2.50. The van der Waals surface area contributed by atoms with Crippen LogP contribution in [-0.2, 0) is 4.79 Å². The quantitative estimate of drug-likeness (QED) is 0.722. The molecule has 1 atom stereocenters. The number of amides is 1. The molecule has 18 heavy (non-hydrogen) atoms. The van der Waals surface area contributed by atoms with Crippen LogP contribution in [0.4, 0.5) is 0 Å². The molecule has 1 aliphatic heterocycles. The Hall–Kier alpha value is -0.830. The number of likely N-dealkylation sites (tertiary alicyclic amines) is 1. The van der Waals surface area contributed by atoms with Gasteiger partial charge in [-0.1, -0.05) is 18.6 Å². The molecule has 2 fully saturated rings. The number of hydrogen-bond acceptors (Lipinski definition) is 2. The van der Waals surface area contributed by atoms with E-state index in [1.54, 1.807) is 0 Å². The lowest BCUT2D eigenvalue weighted by Crippen LogP contribution is -2.45. The Bertz CT molecular complexity index is 350. The molecule has 3 nitrogen and oxygen atoms in total. The first-order chi connectivity index (χ1) is 8.71. The van der Waals surface area contributed by atoms with E-state index in [9.17, 15) is 4.79 Å². The van der Waals surface area contributed by atoms with Crippen molar-refractivity contribution in [1.29, 1.82) is 0 Å². The standard InChI is InChI=1S/C15H24N2O/c16-13-10-17(11-15(13)8-5-9-15)14(18)12-6-3-1-2-4-7-12/h1-2,12-13H,3-11,16H2. The maximum Gasteiger partial charge on any atom is 0.225 e. The van der Waals surface area contributed by atoms with E-state index in [0.717, 1.165) is 38.8 Å². The van der Waals surface area contributed by atoms with E-state index >= 15 is 0 Å². The minimum atomic E-state index is 0.221. The zero-order valence-electron chi connectivity index (χ0n) is 11.1. The number of nitrogens with two attached hydrogens (primary N) is 1. The molecule has 0 bridgehead atoms. The normalized spacial score (nSPS) is 31.4. The van der Waals surface area contributed by atoms with Crippen molar-refractivity contribution in [3.63, 3.8) is 0 Å². The summed E-state index contributed by atoms with van der Waals surface area (Å²) in [6.07, 6.45) is 12.3. The number of rotatable bonds is 1. The van der Waals surface area contributed by atoms with Crippen LogP contribution < -0.4 is 5.73 Å². The van der Waals surface area contributed by atoms with Gasteiger partial charge in [-0.15, -0.1) is 0 Å². The summed E-state index contributed by atoms with van der Waals surface area (Å²) in [6.45, 7) is 1.72. The Labute approximate surface area is 109 Å². The number of hydrogen-bond donors (Lipinski definition) is 1. The van der Waals surface area contributed by atoms with Gasteiger partial charge in [0.05, 0.1) is 0 Å². The Morgan fingerprint density at radius 3 is 2.39 bits per heavy atom. The van der Waals surface area contributed by atoms with Crippen LogP contribution in [0.25, 0.3) is 0 Å². The average Bonchev–Trinajstić information content (AvgIpc) is 2.51. The monoisotopic (exact) mass is 248 g/mol. The van der Waals surface area contributed by atoms with Crippen LogP contribution in [0, 0.1) is 11.3 Å². The van der Waals surface area contributed by atoms with Crippen LogP contribution >= 0.6 is 0 Å². The zero-order valence-corrected chi connectivity index (χ0v) is 11.1. The molecular formula is C15H24N2O. The number of carbonyl (C=O) groups is 1. The van der Waals surface area contributed by atoms with Gasteiger partial charge in [0.2, 0.25) is 5.91 Å². The molecule has 1 amide bonds. The predicted molar refractivity (Wildman–Crippen MR) is 71.9 cm³/mol. The van der Waals surface area contributed by atoms with Crippen molar-refractivity contribution < 1.29 is 4.79 Å². The van der Waals surface area contributed by atoms with Crippen LogP contribution in [0.1, 0.15) is 44.9 Å². The van der Waals surface area contributed by atoms with Crippen LogP contribution in [-0.4, -0.2) is 29.9 Å². The van der Waals surface area contributed by atoms with Crippen molar-refractivity contribution in [2.45, 2.75) is 51.0 Å². The van der Waals surface area contributed by atoms with Gasteiger partial charge in [0, 0.05) is 30.5 Å². The smallest absolute Gasteiger partial charge is 0.225 e. The van der Waals surface area contributed by atoms with E-state index in [1.807, 2.05) is 0 Å². The van der Waals surface area contributed by atoms with Gasteiger partial charge in [-0.2, -0.15) is 0 Å². The van der Waals surface area contributed by atoms with Crippen molar-refractivity contribution >= 4 is 5.91 Å². The average molecular weight is 248 g/mol. The highest BCUT2D eigenvalue weighted by atomic mass is 16.2. The van der Waals surface area contributed by atoms with Crippen molar-refractivity contribution in [3.8, 4) is 0 Å². The molecule has 2 N–H and O–H groups in total. The number of nitrogens with zero attached hydrogens (tertiary/aromatic N) is 1. The largest absolute Gasteiger partial charge is 0.340 e. The molecule has 1 saturated carbocycles. The first-order valence-corrected chi connectivity index (χ1v) is 7.41. The Morgan fingerprint density at radius 1 is 1.22 bits per heavy atom. The first-order valence-electron chi connectivity index (χ1n) is 7.41. The van der Waals surface area contributed by atoms with E-state index in [-0.39, 0.29) is 12.0 Å². The fourth-order valence-corrected chi connectivity index (χ4v) is 3.80. The van der Waals surface area contributed by atoms with Crippen molar-refractivity contribution in [2.75, 3.05) is 13.1 Å². The molecular weight excluding hydrogens is 224 g/mol. The van der Waals surface area contributed by atoms with Crippen molar-refractivity contribution in [2.24, 2.45) is 17.1 Å². The third-order valence-electron chi connectivity index (χ3n) is 5.25. The molecule has 0 aromatic rings. The second-order valence-corrected chi connectivity index (χ2v) is 6.36. The lowest BCUT2D eigenvalue weighted by atomic mass is 9.66. The summed E-state index contributed by atoms with van der Waals surface area (Å²) in [5, 5.41) is 0. The first kappa shape index (κ1) is 12.2. The minimum absolute atomic E-state index is 0.221. The highest BCUT2D eigenvalue weighted by Crippen LogP contribution is 2.47. The van der Waals surface area contributed by atoms with Gasteiger partial charge in [-0.05, 0) is 38.5 Å². The van der Waals surface area contributed by atoms with Gasteiger partial charge >= 0.3 is 0 Å². The van der Waals surface area contributed by atoms with Crippen LogP contribution in [0.5, 0.6) is 0 Å². The molecule has 3 rings (SSSR count). The van der Waals surface area contributed by atoms with Crippen LogP contribution in [0.15, 0.2) is 12.2 Å². The molecule has 1 saturated heterocycles. The summed E-state index contributed by atoms with van der Waals surface area (Å²) in [4.78, 5) is 14.6. The summed E-state index contributed by atoms with van der Waals surface area (Å²) in [6, 6.07) is 0.221. The maximum absolute atomic E-state index is 12.6. The molecule has 1 spiro atoms. The summed E-state index contributed by atoms with van der Waals surface area (Å²) in [5.41, 5.74) is 6.55. The van der Waals surface area contributed by atoms with Gasteiger partial charge in [0.15, 0.2) is 0 Å². The summed E-state index contributed by atoms with van der Waals surface area (Å²) >= 11 is 0. The van der Waals surface area contributed by atoms with Gasteiger partial charge in [0.25, 0.3) is 0 Å². The summed E-state index contributed by atoms with van der Waals surface area (Å²) < 4.78 is 0. The highest BCUT2D eigenvalue weighted by molar-refractivity contribution is 5.79. The third-order valence-corrected chi connectivity index (χ3v) is 5.25. The molecule has 100 valence electrons. The van der Waals surface area contributed by atoms with Gasteiger partial charge in [0.1, 0.15) is 0 Å². The van der Waals surface area contributed by atoms with Crippen molar-refractivity contribution in [1.82, 2.24) is 4.90 Å². The fraction of sp³-hybridized carbons (Fsp3) is 0.800. The molecule has 0 radical (unpaired) electrons. The second-order valence-electron chi connectivity index (χ2n) is 6.36. The molecule has 1 heterocycles. The van der Waals surface area contributed by atoms with Gasteiger partial charge < -0.3 is 10.6 Å². The Kier molecular flexibility index (Phi) is 3.18. The van der Waals surface area contributed by atoms with Crippen LogP contribution in [0.3, 0.4) is 0 Å². The van der Waals surface area contributed by atoms with Gasteiger partial charge in [-0.3, -0.25) is 4.79 Å². The Morgan fingerprint density at radius 2 is 1.89 bits per heavy atom. The Balaban J connectivity index is 1.63.